The monoisotopic (exact) mass is 614 g/mol. The molecule has 0 unspecified atom stereocenters. The van der Waals surface area contributed by atoms with Crippen LogP contribution in [0.15, 0.2) is 60.7 Å². The molecular weight excluding hydrogens is 560 g/mol. The maximum absolute atomic E-state index is 14.5. The Labute approximate surface area is 271 Å². The lowest BCUT2D eigenvalue weighted by Gasteiger charge is -2.41. The number of carbonyl (C=O) groups is 2. The second-order valence-electron chi connectivity index (χ2n) is 15.0. The quantitative estimate of drug-likeness (QED) is 0.278. The van der Waals surface area contributed by atoms with Gasteiger partial charge in [-0.2, -0.15) is 0 Å². The molecule has 0 aromatic heterocycles. The number of benzene rings is 2. The van der Waals surface area contributed by atoms with Crippen molar-refractivity contribution in [3.05, 3.63) is 77.4 Å². The van der Waals surface area contributed by atoms with Crippen molar-refractivity contribution < 1.29 is 23.8 Å². The third-order valence-electron chi connectivity index (χ3n) is 10.8. The van der Waals surface area contributed by atoms with Gasteiger partial charge in [0.2, 0.25) is 6.10 Å². The standard InChI is InChI=1S/C40H54O5/c1-24(2)31-19-15-27(6)21-35(31)44-39(41)37-33(29-17-13-26(5)14-18-29)23-34(30-11-9-8-10-12-30)43-38(37)40(42)45-36-22-28(7)16-20-32(36)25(3)4/h8-14,17-18,23-25,27-28,31-33,35-38H,15-16,19-22H2,1-7H3/t27-,28-,31+,32+,33-,35-,36-,37-,38+/m1/s1. The summed E-state index contributed by atoms with van der Waals surface area (Å²) in [5.74, 6) is 0.826. The first-order valence-corrected chi connectivity index (χ1v) is 17.4. The minimum absolute atomic E-state index is 0.180. The Bertz CT molecular complexity index is 1310. The third kappa shape index (κ3) is 7.84. The zero-order chi connectivity index (χ0) is 32.2. The zero-order valence-corrected chi connectivity index (χ0v) is 28.4. The van der Waals surface area contributed by atoms with Gasteiger partial charge in [0.05, 0.1) is 0 Å². The van der Waals surface area contributed by atoms with Crippen LogP contribution in [0.1, 0.15) is 103 Å². The highest BCUT2D eigenvalue weighted by Gasteiger charge is 2.49. The van der Waals surface area contributed by atoms with Gasteiger partial charge >= 0.3 is 11.9 Å². The summed E-state index contributed by atoms with van der Waals surface area (Å²) in [7, 11) is 0. The maximum atomic E-state index is 14.5. The summed E-state index contributed by atoms with van der Waals surface area (Å²) in [6.07, 6.45) is 6.54. The van der Waals surface area contributed by atoms with Crippen LogP contribution < -0.4 is 0 Å². The van der Waals surface area contributed by atoms with E-state index >= 15 is 0 Å². The minimum atomic E-state index is -1.12. The molecule has 2 aliphatic carbocycles. The number of allylic oxidation sites excluding steroid dienone is 1. The van der Waals surface area contributed by atoms with E-state index in [1.54, 1.807) is 0 Å². The van der Waals surface area contributed by atoms with Crippen LogP contribution >= 0.6 is 0 Å². The summed E-state index contributed by atoms with van der Waals surface area (Å²) in [5, 5.41) is 0. The first-order valence-electron chi connectivity index (χ1n) is 17.4. The Morgan fingerprint density at radius 3 is 1.80 bits per heavy atom. The van der Waals surface area contributed by atoms with Gasteiger partial charge in [-0.15, -0.1) is 0 Å². The van der Waals surface area contributed by atoms with Crippen molar-refractivity contribution in [2.75, 3.05) is 0 Å². The Morgan fingerprint density at radius 1 is 0.733 bits per heavy atom. The van der Waals surface area contributed by atoms with Gasteiger partial charge in [0.15, 0.2) is 0 Å². The smallest absolute Gasteiger partial charge is 0.348 e. The van der Waals surface area contributed by atoms with Crippen molar-refractivity contribution in [2.45, 2.75) is 111 Å². The predicted octanol–water partition coefficient (Wildman–Crippen LogP) is 9.14. The number of aryl methyl sites for hydroxylation is 1. The molecule has 45 heavy (non-hydrogen) atoms. The molecular formula is C40H54O5. The maximum Gasteiger partial charge on any atom is 0.348 e. The normalized spacial score (nSPS) is 32.0. The molecule has 2 saturated carbocycles. The highest BCUT2D eigenvalue weighted by Crippen LogP contribution is 2.43. The zero-order valence-electron chi connectivity index (χ0n) is 28.4. The van der Waals surface area contributed by atoms with Crippen molar-refractivity contribution in [1.82, 2.24) is 0 Å². The lowest BCUT2D eigenvalue weighted by molar-refractivity contribution is -0.180. The van der Waals surface area contributed by atoms with Crippen molar-refractivity contribution in [3.63, 3.8) is 0 Å². The topological polar surface area (TPSA) is 61.8 Å². The van der Waals surface area contributed by atoms with E-state index in [0.717, 1.165) is 55.2 Å². The molecule has 0 saturated heterocycles. The Kier molecular flexibility index (Phi) is 10.8. The van der Waals surface area contributed by atoms with E-state index in [1.165, 1.54) is 0 Å². The number of carbonyl (C=O) groups excluding carboxylic acids is 2. The van der Waals surface area contributed by atoms with E-state index < -0.39 is 23.9 Å². The van der Waals surface area contributed by atoms with Crippen molar-refractivity contribution in [3.8, 4) is 0 Å². The predicted molar refractivity (Wildman–Crippen MR) is 179 cm³/mol. The molecule has 244 valence electrons. The van der Waals surface area contributed by atoms with Crippen molar-refractivity contribution >= 4 is 17.7 Å². The average molecular weight is 615 g/mol. The average Bonchev–Trinajstić information content (AvgIpc) is 3.01. The van der Waals surface area contributed by atoms with Crippen LogP contribution in [0.25, 0.3) is 5.76 Å². The van der Waals surface area contributed by atoms with Gasteiger partial charge in [0, 0.05) is 11.5 Å². The molecule has 1 heterocycles. The fraction of sp³-hybridized carbons (Fsp3) is 0.600. The number of ether oxygens (including phenoxy) is 3. The SMILES string of the molecule is Cc1ccc([C@H]2C=C(c3ccccc3)O[C@H](C(=O)O[C@@H]3C[C@H](C)CC[C@H]3C(C)C)[C@@H]2C(=O)O[C@@H]2C[C@H](C)CC[C@H]2C(C)C)cc1. The second kappa shape index (κ2) is 14.6. The van der Waals surface area contributed by atoms with Gasteiger partial charge in [-0.05, 0) is 79.8 Å². The minimum Gasteiger partial charge on any atom is -0.477 e. The third-order valence-corrected chi connectivity index (χ3v) is 10.8. The van der Waals surface area contributed by atoms with Gasteiger partial charge in [0.1, 0.15) is 23.9 Å². The molecule has 0 bridgehead atoms. The summed E-state index contributed by atoms with van der Waals surface area (Å²) < 4.78 is 19.5. The van der Waals surface area contributed by atoms with E-state index in [0.29, 0.717) is 35.3 Å². The lowest BCUT2D eigenvalue weighted by Crippen LogP contribution is -2.48. The molecule has 2 aromatic rings. The molecule has 1 aliphatic heterocycles. The lowest BCUT2D eigenvalue weighted by atomic mass is 9.75. The van der Waals surface area contributed by atoms with E-state index in [4.69, 9.17) is 14.2 Å². The molecule has 2 fully saturated rings. The van der Waals surface area contributed by atoms with E-state index in [2.05, 4.69) is 72.7 Å². The van der Waals surface area contributed by atoms with E-state index in [1.807, 2.05) is 36.4 Å². The van der Waals surface area contributed by atoms with Crippen LogP contribution in [0.5, 0.6) is 0 Å². The molecule has 0 spiro atoms. The summed E-state index contributed by atoms with van der Waals surface area (Å²) in [4.78, 5) is 28.9. The number of esters is 2. The molecule has 5 heteroatoms. The first kappa shape index (κ1) is 33.3. The van der Waals surface area contributed by atoms with Crippen LogP contribution in [0, 0.1) is 48.3 Å². The Morgan fingerprint density at radius 2 is 1.27 bits per heavy atom. The van der Waals surface area contributed by atoms with Gasteiger partial charge in [-0.1, -0.05) is 115 Å². The van der Waals surface area contributed by atoms with Crippen LogP contribution in [0.2, 0.25) is 0 Å². The molecule has 0 N–H and O–H groups in total. The van der Waals surface area contributed by atoms with Crippen LogP contribution in [-0.4, -0.2) is 30.3 Å². The summed E-state index contributed by atoms with van der Waals surface area (Å²) in [6.45, 7) is 15.4. The summed E-state index contributed by atoms with van der Waals surface area (Å²) in [5.41, 5.74) is 2.96. The molecule has 3 aliphatic rings. The first-order chi connectivity index (χ1) is 21.5. The fourth-order valence-corrected chi connectivity index (χ4v) is 7.97. The van der Waals surface area contributed by atoms with Crippen molar-refractivity contribution in [1.29, 1.82) is 0 Å². The fourth-order valence-electron chi connectivity index (χ4n) is 7.97. The van der Waals surface area contributed by atoms with Crippen LogP contribution in [0.3, 0.4) is 0 Å². The van der Waals surface area contributed by atoms with Gasteiger partial charge < -0.3 is 14.2 Å². The summed E-state index contributed by atoms with van der Waals surface area (Å²) in [6, 6.07) is 18.1. The molecule has 9 atom stereocenters. The summed E-state index contributed by atoms with van der Waals surface area (Å²) >= 11 is 0. The number of hydrogen-bond acceptors (Lipinski definition) is 5. The number of rotatable bonds is 8. The van der Waals surface area contributed by atoms with E-state index in [-0.39, 0.29) is 24.1 Å². The van der Waals surface area contributed by atoms with Crippen LogP contribution in [0.4, 0.5) is 0 Å². The highest BCUT2D eigenvalue weighted by atomic mass is 16.6. The largest absolute Gasteiger partial charge is 0.477 e. The molecule has 0 amide bonds. The second-order valence-corrected chi connectivity index (χ2v) is 15.0. The van der Waals surface area contributed by atoms with Gasteiger partial charge in [0.25, 0.3) is 0 Å². The molecule has 2 aromatic carbocycles. The van der Waals surface area contributed by atoms with Gasteiger partial charge in [-0.3, -0.25) is 4.79 Å². The molecule has 0 radical (unpaired) electrons. The van der Waals surface area contributed by atoms with Gasteiger partial charge in [-0.25, -0.2) is 4.79 Å². The Hall–Kier alpha value is -3.08. The Balaban J connectivity index is 1.54. The van der Waals surface area contributed by atoms with Crippen LogP contribution in [-0.2, 0) is 23.8 Å². The van der Waals surface area contributed by atoms with E-state index in [9.17, 15) is 9.59 Å². The molecule has 5 nitrogen and oxygen atoms in total. The van der Waals surface area contributed by atoms with Crippen molar-refractivity contribution in [2.24, 2.45) is 41.4 Å². The number of hydrogen-bond donors (Lipinski definition) is 0. The molecule has 5 rings (SSSR count). The highest BCUT2D eigenvalue weighted by molar-refractivity contribution is 5.87.